The Bertz CT molecular complexity index is 499. The topological polar surface area (TPSA) is 52.6 Å². The molecule has 0 amide bonds. The highest BCUT2D eigenvalue weighted by Gasteiger charge is 2.84. The zero-order chi connectivity index (χ0) is 17.1. The Morgan fingerprint density at radius 2 is 1.64 bits per heavy atom. The summed E-state index contributed by atoms with van der Waals surface area (Å²) in [4.78, 5) is 22.9. The van der Waals surface area contributed by atoms with Crippen LogP contribution in [0.25, 0.3) is 0 Å². The van der Waals surface area contributed by atoms with E-state index in [1.165, 1.54) is 13.8 Å². The lowest BCUT2D eigenvalue weighted by Gasteiger charge is -2.44. The van der Waals surface area contributed by atoms with E-state index in [-0.39, 0.29) is 29.3 Å². The first kappa shape index (κ1) is 17.4. The van der Waals surface area contributed by atoms with Crippen molar-refractivity contribution in [2.45, 2.75) is 71.4 Å². The summed E-state index contributed by atoms with van der Waals surface area (Å²) in [6, 6.07) is 0. The van der Waals surface area contributed by atoms with Gasteiger partial charge in [-0.05, 0) is 30.8 Å². The summed E-state index contributed by atoms with van der Waals surface area (Å²) < 4.78 is 26.3. The highest BCUT2D eigenvalue weighted by molar-refractivity contribution is 6.75. The molecule has 0 saturated heterocycles. The lowest BCUT2D eigenvalue weighted by molar-refractivity contribution is -0.163. The molecule has 2 aliphatic rings. The molecule has 4 nitrogen and oxygen atoms in total. The number of fused-ring (bicyclic) bond motifs is 1. The SMILES string of the molecule is CC(=O)O[C@H]1CC2C(C)(C)[C@]2([Si](C)(C)F)[C@H](OC(C)=O)[C@H]1C. The number of hydrogen-bond donors (Lipinski definition) is 0. The first-order valence-electron chi connectivity index (χ1n) is 7.90. The number of hydrogen-bond acceptors (Lipinski definition) is 4. The molecular weight excluding hydrogens is 303 g/mol. The number of carbonyl (C=O) groups is 2. The summed E-state index contributed by atoms with van der Waals surface area (Å²) in [6.07, 6.45) is -0.209. The molecule has 0 spiro atoms. The molecule has 6 heteroatoms. The fourth-order valence-corrected chi connectivity index (χ4v) is 9.21. The molecule has 0 aromatic rings. The van der Waals surface area contributed by atoms with Gasteiger partial charge < -0.3 is 13.6 Å². The minimum absolute atomic E-state index is 0.0802. The lowest BCUT2D eigenvalue weighted by atomic mass is 9.84. The maximum atomic E-state index is 15.3. The van der Waals surface area contributed by atoms with Crippen molar-refractivity contribution in [3.05, 3.63) is 0 Å². The molecule has 0 aromatic carbocycles. The molecule has 5 atom stereocenters. The second-order valence-electron chi connectivity index (χ2n) is 7.89. The summed E-state index contributed by atoms with van der Waals surface area (Å²) in [7, 11) is -3.10. The molecule has 0 aliphatic heterocycles. The number of halogens is 1. The van der Waals surface area contributed by atoms with Gasteiger partial charge in [-0.1, -0.05) is 20.8 Å². The number of esters is 2. The third kappa shape index (κ3) is 2.22. The Kier molecular flexibility index (Phi) is 4.00. The number of rotatable bonds is 3. The summed E-state index contributed by atoms with van der Waals surface area (Å²) in [5.74, 6) is -0.870. The van der Waals surface area contributed by atoms with Crippen LogP contribution in [0, 0.1) is 17.3 Å². The van der Waals surface area contributed by atoms with Gasteiger partial charge in [0.05, 0.1) is 0 Å². The van der Waals surface area contributed by atoms with Crippen molar-refractivity contribution in [2.75, 3.05) is 0 Å². The smallest absolute Gasteiger partial charge is 0.302 e. The molecule has 2 saturated carbocycles. The van der Waals surface area contributed by atoms with Gasteiger partial charge in [-0.2, -0.15) is 0 Å². The van der Waals surface area contributed by atoms with E-state index in [2.05, 4.69) is 0 Å². The van der Waals surface area contributed by atoms with Crippen molar-refractivity contribution in [3.63, 3.8) is 0 Å². The van der Waals surface area contributed by atoms with E-state index in [9.17, 15) is 9.59 Å². The summed E-state index contributed by atoms with van der Waals surface area (Å²) in [6.45, 7) is 12.1. The second kappa shape index (κ2) is 5.04. The average molecular weight is 330 g/mol. The first-order chi connectivity index (χ1) is 9.87. The van der Waals surface area contributed by atoms with Crippen LogP contribution in [-0.2, 0) is 19.1 Å². The van der Waals surface area contributed by atoms with E-state index in [1.54, 1.807) is 13.1 Å². The van der Waals surface area contributed by atoms with E-state index in [0.29, 0.717) is 6.42 Å². The molecular formula is C16H27FO4Si. The van der Waals surface area contributed by atoms with Crippen LogP contribution in [0.4, 0.5) is 4.11 Å². The molecule has 2 fully saturated rings. The van der Waals surface area contributed by atoms with E-state index in [4.69, 9.17) is 9.47 Å². The van der Waals surface area contributed by atoms with Gasteiger partial charge in [0.1, 0.15) is 12.2 Å². The van der Waals surface area contributed by atoms with Crippen LogP contribution in [0.15, 0.2) is 0 Å². The highest BCUT2D eigenvalue weighted by atomic mass is 28.4. The van der Waals surface area contributed by atoms with Crippen LogP contribution < -0.4 is 0 Å². The molecule has 0 bridgehead atoms. The summed E-state index contributed by atoms with van der Waals surface area (Å²) in [5.41, 5.74) is -0.249. The molecule has 2 rings (SSSR count). The molecule has 0 N–H and O–H groups in total. The maximum Gasteiger partial charge on any atom is 0.302 e. The Hall–Kier alpha value is -0.913. The Morgan fingerprint density at radius 1 is 1.14 bits per heavy atom. The predicted octanol–water partition coefficient (Wildman–Crippen LogP) is 3.46. The highest BCUT2D eigenvalue weighted by Crippen LogP contribution is 2.85. The third-order valence-corrected chi connectivity index (χ3v) is 9.22. The van der Waals surface area contributed by atoms with Gasteiger partial charge in [-0.15, -0.1) is 0 Å². The van der Waals surface area contributed by atoms with Crippen LogP contribution >= 0.6 is 0 Å². The minimum atomic E-state index is -3.10. The maximum absolute atomic E-state index is 15.3. The standard InChI is InChI=1S/C16H27FO4Si/c1-9-12(20-10(2)18)8-13-15(4,5)16(13,22(6,7)17)14(9)21-11(3)19/h9,12-14H,8H2,1-7H3/t9-,12-,13?,14+,16+/m0/s1. The number of carbonyl (C=O) groups excluding carboxylic acids is 2. The van der Waals surface area contributed by atoms with Gasteiger partial charge in [0.25, 0.3) is 8.41 Å². The Labute approximate surface area is 132 Å². The van der Waals surface area contributed by atoms with Gasteiger partial charge in [0.15, 0.2) is 0 Å². The largest absolute Gasteiger partial charge is 0.462 e. The zero-order valence-electron chi connectivity index (χ0n) is 14.5. The number of ether oxygens (including phenoxy) is 2. The molecule has 1 unspecified atom stereocenters. The van der Waals surface area contributed by atoms with Gasteiger partial charge in [0, 0.05) is 24.8 Å². The van der Waals surface area contributed by atoms with Crippen molar-refractivity contribution >= 4 is 20.3 Å². The Morgan fingerprint density at radius 3 is 2.05 bits per heavy atom. The van der Waals surface area contributed by atoms with E-state index >= 15 is 4.11 Å². The molecule has 126 valence electrons. The van der Waals surface area contributed by atoms with Crippen molar-refractivity contribution in [1.82, 2.24) is 0 Å². The van der Waals surface area contributed by atoms with E-state index < -0.39 is 25.5 Å². The van der Waals surface area contributed by atoms with E-state index in [1.807, 2.05) is 20.8 Å². The summed E-state index contributed by atoms with van der Waals surface area (Å²) >= 11 is 0. The van der Waals surface area contributed by atoms with Crippen LogP contribution in [0.5, 0.6) is 0 Å². The van der Waals surface area contributed by atoms with Gasteiger partial charge >= 0.3 is 11.9 Å². The van der Waals surface area contributed by atoms with Gasteiger partial charge in [0.2, 0.25) is 0 Å². The van der Waals surface area contributed by atoms with Crippen molar-refractivity contribution in [3.8, 4) is 0 Å². The quantitative estimate of drug-likeness (QED) is 0.452. The van der Waals surface area contributed by atoms with E-state index in [0.717, 1.165) is 0 Å². The zero-order valence-corrected chi connectivity index (χ0v) is 15.5. The second-order valence-corrected chi connectivity index (χ2v) is 11.7. The normalized spacial score (nSPS) is 39.6. The monoisotopic (exact) mass is 330 g/mol. The molecule has 22 heavy (non-hydrogen) atoms. The molecule has 2 aliphatic carbocycles. The molecule has 0 heterocycles. The van der Waals surface area contributed by atoms with Gasteiger partial charge in [-0.25, -0.2) is 0 Å². The summed E-state index contributed by atoms with van der Waals surface area (Å²) in [5, 5.41) is -0.596. The predicted molar refractivity (Wildman–Crippen MR) is 83.4 cm³/mol. The van der Waals surface area contributed by atoms with Crippen LogP contribution in [0.3, 0.4) is 0 Å². The van der Waals surface area contributed by atoms with Crippen LogP contribution in [0.1, 0.15) is 41.0 Å². The Balaban J connectivity index is 2.45. The lowest BCUT2D eigenvalue weighted by Crippen LogP contribution is -2.51. The fourth-order valence-electron chi connectivity index (χ4n) is 5.27. The third-order valence-electron chi connectivity index (χ3n) is 5.98. The van der Waals surface area contributed by atoms with Crippen LogP contribution in [0.2, 0.25) is 18.1 Å². The van der Waals surface area contributed by atoms with Crippen LogP contribution in [-0.4, -0.2) is 32.6 Å². The average Bonchev–Trinajstić information content (AvgIpc) is 2.80. The van der Waals surface area contributed by atoms with Crippen molar-refractivity contribution < 1.29 is 23.2 Å². The fraction of sp³-hybridized carbons (Fsp3) is 0.875. The molecule has 0 radical (unpaired) electrons. The first-order valence-corrected chi connectivity index (χ1v) is 10.8. The van der Waals surface area contributed by atoms with Crippen molar-refractivity contribution in [1.29, 1.82) is 0 Å². The minimum Gasteiger partial charge on any atom is -0.462 e. The van der Waals surface area contributed by atoms with Gasteiger partial charge in [-0.3, -0.25) is 9.59 Å². The molecule has 0 aromatic heterocycles. The van der Waals surface area contributed by atoms with Crippen molar-refractivity contribution in [2.24, 2.45) is 17.3 Å².